The van der Waals surface area contributed by atoms with E-state index >= 15 is 0 Å². The fourth-order valence-electron chi connectivity index (χ4n) is 2.78. The number of nitrogens with zero attached hydrogens (tertiary/aromatic N) is 3. The van der Waals surface area contributed by atoms with Gasteiger partial charge in [-0.2, -0.15) is 0 Å². The molecule has 2 aromatic rings. The van der Waals surface area contributed by atoms with Crippen molar-refractivity contribution < 1.29 is 0 Å². The first-order valence-electron chi connectivity index (χ1n) is 7.48. The van der Waals surface area contributed by atoms with E-state index in [1.165, 1.54) is 11.9 Å². The minimum Gasteiger partial charge on any atom is -0.354 e. The van der Waals surface area contributed by atoms with Crippen LogP contribution in [0.4, 0.5) is 5.82 Å². The van der Waals surface area contributed by atoms with Crippen LogP contribution in [-0.4, -0.2) is 41.0 Å². The molecule has 1 aromatic carbocycles. The Morgan fingerprint density at radius 3 is 2.77 bits per heavy atom. The van der Waals surface area contributed by atoms with Crippen LogP contribution < -0.4 is 10.5 Å². The minimum atomic E-state index is -0.129. The molecule has 5 nitrogen and oxygen atoms in total. The Kier molecular flexibility index (Phi) is 4.90. The lowest BCUT2D eigenvalue weighted by Gasteiger charge is -2.23. The van der Waals surface area contributed by atoms with Gasteiger partial charge in [-0.3, -0.25) is 9.69 Å². The molecule has 1 aliphatic heterocycles. The van der Waals surface area contributed by atoms with Gasteiger partial charge in [0.2, 0.25) is 0 Å². The lowest BCUT2D eigenvalue weighted by Crippen LogP contribution is -2.32. The standard InChI is InChI=1S/C16H19BrN4O/c17-14-15(18-12-19-16(14)22)21-8-4-7-20(9-10-21)11-13-5-2-1-3-6-13/h1-3,5-6,12H,4,7-11H2,(H,18,19,22). The predicted molar refractivity (Wildman–Crippen MR) is 91.1 cm³/mol. The van der Waals surface area contributed by atoms with E-state index in [2.05, 4.69) is 60.0 Å². The number of rotatable bonds is 3. The number of aromatic nitrogens is 2. The van der Waals surface area contributed by atoms with E-state index in [0.717, 1.165) is 45.0 Å². The van der Waals surface area contributed by atoms with Crippen LogP contribution in [0.5, 0.6) is 0 Å². The zero-order chi connectivity index (χ0) is 15.4. The first kappa shape index (κ1) is 15.2. The molecule has 0 radical (unpaired) electrons. The van der Waals surface area contributed by atoms with Crippen molar-refractivity contribution in [1.29, 1.82) is 0 Å². The molecule has 0 unspecified atom stereocenters. The van der Waals surface area contributed by atoms with Crippen LogP contribution in [-0.2, 0) is 6.54 Å². The summed E-state index contributed by atoms with van der Waals surface area (Å²) < 4.78 is 0.520. The monoisotopic (exact) mass is 362 g/mol. The summed E-state index contributed by atoms with van der Waals surface area (Å²) in [5, 5.41) is 0. The smallest absolute Gasteiger partial charge is 0.267 e. The summed E-state index contributed by atoms with van der Waals surface area (Å²) in [6.07, 6.45) is 2.53. The van der Waals surface area contributed by atoms with Crippen molar-refractivity contribution in [1.82, 2.24) is 14.9 Å². The van der Waals surface area contributed by atoms with Crippen LogP contribution >= 0.6 is 15.9 Å². The second-order valence-corrected chi connectivity index (χ2v) is 6.26. The average molecular weight is 363 g/mol. The van der Waals surface area contributed by atoms with Crippen LogP contribution in [0.25, 0.3) is 0 Å². The van der Waals surface area contributed by atoms with E-state index in [1.54, 1.807) is 0 Å². The normalized spacial score (nSPS) is 16.5. The first-order chi connectivity index (χ1) is 10.7. The number of hydrogen-bond donors (Lipinski definition) is 1. The molecule has 0 atom stereocenters. The Hall–Kier alpha value is -1.66. The third-order valence-electron chi connectivity index (χ3n) is 3.92. The Balaban J connectivity index is 1.67. The van der Waals surface area contributed by atoms with Crippen molar-refractivity contribution >= 4 is 21.7 Å². The van der Waals surface area contributed by atoms with Gasteiger partial charge in [-0.25, -0.2) is 4.98 Å². The van der Waals surface area contributed by atoms with Gasteiger partial charge < -0.3 is 9.88 Å². The van der Waals surface area contributed by atoms with Crippen molar-refractivity contribution in [2.45, 2.75) is 13.0 Å². The molecule has 0 saturated carbocycles. The highest BCUT2D eigenvalue weighted by molar-refractivity contribution is 9.10. The Morgan fingerprint density at radius 2 is 1.95 bits per heavy atom. The van der Waals surface area contributed by atoms with Gasteiger partial charge in [0.05, 0.1) is 6.33 Å². The van der Waals surface area contributed by atoms with Gasteiger partial charge in [-0.1, -0.05) is 30.3 Å². The summed E-state index contributed by atoms with van der Waals surface area (Å²) in [5.74, 6) is 0.741. The highest BCUT2D eigenvalue weighted by Crippen LogP contribution is 2.20. The van der Waals surface area contributed by atoms with Gasteiger partial charge in [-0.05, 0) is 27.9 Å². The highest BCUT2D eigenvalue weighted by atomic mass is 79.9. The zero-order valence-electron chi connectivity index (χ0n) is 12.3. The van der Waals surface area contributed by atoms with E-state index in [4.69, 9.17) is 0 Å². The number of hydrogen-bond acceptors (Lipinski definition) is 4. The molecule has 0 amide bonds. The largest absolute Gasteiger partial charge is 0.354 e. The third kappa shape index (κ3) is 3.56. The molecule has 0 aliphatic carbocycles. The molecular formula is C16H19BrN4O. The second-order valence-electron chi connectivity index (χ2n) is 5.47. The van der Waals surface area contributed by atoms with E-state index in [-0.39, 0.29) is 5.56 Å². The lowest BCUT2D eigenvalue weighted by atomic mass is 10.2. The molecule has 1 fully saturated rings. The summed E-state index contributed by atoms with van der Waals surface area (Å²) >= 11 is 3.35. The molecule has 1 N–H and O–H groups in total. The predicted octanol–water partition coefficient (Wildman–Crippen LogP) is 2.24. The van der Waals surface area contributed by atoms with Gasteiger partial charge in [0.1, 0.15) is 10.3 Å². The number of benzene rings is 1. The van der Waals surface area contributed by atoms with Gasteiger partial charge >= 0.3 is 0 Å². The molecule has 6 heteroatoms. The number of nitrogens with one attached hydrogen (secondary N) is 1. The van der Waals surface area contributed by atoms with Crippen molar-refractivity contribution in [3.63, 3.8) is 0 Å². The van der Waals surface area contributed by atoms with E-state index in [9.17, 15) is 4.79 Å². The number of aromatic amines is 1. The molecule has 0 spiro atoms. The summed E-state index contributed by atoms with van der Waals surface area (Å²) in [4.78, 5) is 23.2. The van der Waals surface area contributed by atoms with Crippen molar-refractivity contribution in [2.75, 3.05) is 31.1 Å². The highest BCUT2D eigenvalue weighted by Gasteiger charge is 2.19. The molecule has 1 saturated heterocycles. The maximum absolute atomic E-state index is 11.7. The van der Waals surface area contributed by atoms with Crippen LogP contribution in [0.1, 0.15) is 12.0 Å². The lowest BCUT2D eigenvalue weighted by molar-refractivity contribution is 0.285. The van der Waals surface area contributed by atoms with Crippen LogP contribution in [0.15, 0.2) is 45.9 Å². The van der Waals surface area contributed by atoms with Gasteiger partial charge in [0.15, 0.2) is 0 Å². The maximum Gasteiger partial charge on any atom is 0.267 e. The van der Waals surface area contributed by atoms with Gasteiger partial charge in [-0.15, -0.1) is 0 Å². The van der Waals surface area contributed by atoms with Crippen molar-refractivity contribution in [3.05, 3.63) is 57.0 Å². The molecule has 3 rings (SSSR count). The molecule has 0 bridgehead atoms. The molecule has 116 valence electrons. The summed E-state index contributed by atoms with van der Waals surface area (Å²) in [7, 11) is 0. The quantitative estimate of drug-likeness (QED) is 0.909. The summed E-state index contributed by atoms with van der Waals surface area (Å²) in [6.45, 7) is 4.79. The summed E-state index contributed by atoms with van der Waals surface area (Å²) in [6, 6.07) is 10.5. The maximum atomic E-state index is 11.7. The van der Waals surface area contributed by atoms with Crippen molar-refractivity contribution in [3.8, 4) is 0 Å². The van der Waals surface area contributed by atoms with Crippen molar-refractivity contribution in [2.24, 2.45) is 0 Å². The number of H-pyrrole nitrogens is 1. The summed E-state index contributed by atoms with van der Waals surface area (Å²) in [5.41, 5.74) is 1.21. The third-order valence-corrected chi connectivity index (χ3v) is 4.63. The van der Waals surface area contributed by atoms with Gasteiger partial charge in [0.25, 0.3) is 5.56 Å². The Bertz CT molecular complexity index is 673. The SMILES string of the molecule is O=c1[nH]cnc(N2CCCN(Cc3ccccc3)CC2)c1Br. The Labute approximate surface area is 138 Å². The molecule has 22 heavy (non-hydrogen) atoms. The fourth-order valence-corrected chi connectivity index (χ4v) is 3.24. The van der Waals surface area contributed by atoms with Crippen LogP contribution in [0.2, 0.25) is 0 Å². The van der Waals surface area contributed by atoms with E-state index in [1.807, 2.05) is 6.07 Å². The van der Waals surface area contributed by atoms with Gasteiger partial charge in [0, 0.05) is 32.7 Å². The van der Waals surface area contributed by atoms with Crippen LogP contribution in [0.3, 0.4) is 0 Å². The zero-order valence-corrected chi connectivity index (χ0v) is 13.9. The van der Waals surface area contributed by atoms with E-state index < -0.39 is 0 Å². The fraction of sp³-hybridized carbons (Fsp3) is 0.375. The molecule has 2 heterocycles. The topological polar surface area (TPSA) is 52.2 Å². The molecular weight excluding hydrogens is 344 g/mol. The first-order valence-corrected chi connectivity index (χ1v) is 8.28. The number of halogens is 1. The Morgan fingerprint density at radius 1 is 1.14 bits per heavy atom. The molecule has 1 aliphatic rings. The average Bonchev–Trinajstić information content (AvgIpc) is 2.77. The number of anilines is 1. The van der Waals surface area contributed by atoms with E-state index in [0.29, 0.717) is 4.47 Å². The van der Waals surface area contributed by atoms with Crippen LogP contribution in [0, 0.1) is 0 Å². The second kappa shape index (κ2) is 7.07. The minimum absolute atomic E-state index is 0.129. The molecule has 1 aromatic heterocycles.